The maximum atomic E-state index is 13.8. The zero-order valence-corrected chi connectivity index (χ0v) is 21.9. The van der Waals surface area contributed by atoms with E-state index in [9.17, 15) is 9.18 Å². The molecule has 198 valence electrons. The second-order valence-corrected chi connectivity index (χ2v) is 9.88. The van der Waals surface area contributed by atoms with Gasteiger partial charge in [-0.2, -0.15) is 0 Å². The zero-order chi connectivity index (χ0) is 26.0. The van der Waals surface area contributed by atoms with Gasteiger partial charge in [0.2, 0.25) is 0 Å². The number of piperidine rings is 1. The molecule has 1 amide bonds. The van der Waals surface area contributed by atoms with E-state index in [4.69, 9.17) is 9.15 Å². The van der Waals surface area contributed by atoms with Crippen molar-refractivity contribution in [2.75, 3.05) is 26.7 Å². The number of nitrogens with zero attached hydrogens (tertiary/aromatic N) is 2. The van der Waals surface area contributed by atoms with Crippen LogP contribution in [-0.2, 0) is 19.6 Å². The number of rotatable bonds is 12. The highest BCUT2D eigenvalue weighted by atomic mass is 19.1. The maximum Gasteiger partial charge on any atom is 0.286 e. The van der Waals surface area contributed by atoms with Gasteiger partial charge in [-0.1, -0.05) is 30.7 Å². The predicted molar refractivity (Wildman–Crippen MR) is 143 cm³/mol. The highest BCUT2D eigenvalue weighted by Crippen LogP contribution is 2.20. The zero-order valence-electron chi connectivity index (χ0n) is 21.9. The molecule has 2 aromatic carbocycles. The average Bonchev–Trinajstić information content (AvgIpc) is 3.36. The number of ether oxygens (including phenoxy) is 1. The van der Waals surface area contributed by atoms with Gasteiger partial charge in [0, 0.05) is 32.2 Å². The molecule has 0 radical (unpaired) electrons. The molecule has 0 saturated carbocycles. The van der Waals surface area contributed by atoms with E-state index in [1.807, 2.05) is 36.4 Å². The van der Waals surface area contributed by atoms with Gasteiger partial charge in [-0.25, -0.2) is 4.39 Å². The minimum atomic E-state index is -0.259. The third-order valence-electron chi connectivity index (χ3n) is 6.95. The summed E-state index contributed by atoms with van der Waals surface area (Å²) in [6.07, 6.45) is 4.76. The number of benzene rings is 2. The summed E-state index contributed by atoms with van der Waals surface area (Å²) in [4.78, 5) is 17.3. The number of carbonyl (C=O) groups excluding carboxylic acids is 1. The number of amides is 1. The van der Waals surface area contributed by atoms with Gasteiger partial charge in [-0.05, 0) is 80.3 Å². The van der Waals surface area contributed by atoms with Crippen molar-refractivity contribution in [2.45, 2.75) is 58.3 Å². The largest absolute Gasteiger partial charge is 0.497 e. The lowest BCUT2D eigenvalue weighted by Crippen LogP contribution is -2.39. The fourth-order valence-electron chi connectivity index (χ4n) is 4.96. The van der Waals surface area contributed by atoms with Crippen molar-refractivity contribution in [1.82, 2.24) is 15.1 Å². The number of nitrogens with one attached hydrogen (secondary N) is 1. The Balaban J connectivity index is 1.34. The highest BCUT2D eigenvalue weighted by Gasteiger charge is 2.18. The van der Waals surface area contributed by atoms with Gasteiger partial charge in [0.1, 0.15) is 17.3 Å². The lowest BCUT2D eigenvalue weighted by Gasteiger charge is -2.33. The van der Waals surface area contributed by atoms with E-state index in [0.29, 0.717) is 43.7 Å². The van der Waals surface area contributed by atoms with Gasteiger partial charge in [0.05, 0.1) is 13.7 Å². The van der Waals surface area contributed by atoms with Crippen molar-refractivity contribution in [3.8, 4) is 5.75 Å². The Bertz CT molecular complexity index is 1150. The molecule has 1 aromatic heterocycles. The van der Waals surface area contributed by atoms with Crippen molar-refractivity contribution >= 4 is 5.91 Å². The molecule has 6 nitrogen and oxygen atoms in total. The van der Waals surface area contributed by atoms with E-state index in [0.717, 1.165) is 36.4 Å². The van der Waals surface area contributed by atoms with Crippen LogP contribution in [0.5, 0.6) is 5.75 Å². The molecule has 1 N–H and O–H groups in total. The molecule has 0 spiro atoms. The highest BCUT2D eigenvalue weighted by molar-refractivity contribution is 5.91. The second-order valence-electron chi connectivity index (χ2n) is 9.88. The summed E-state index contributed by atoms with van der Waals surface area (Å²) in [7, 11) is 1.65. The van der Waals surface area contributed by atoms with E-state index in [-0.39, 0.29) is 11.7 Å². The average molecular weight is 508 g/mol. The molecule has 0 aliphatic carbocycles. The second kappa shape index (κ2) is 13.4. The number of carbonyl (C=O) groups is 1. The first kappa shape index (κ1) is 26.9. The van der Waals surface area contributed by atoms with Crippen LogP contribution in [0, 0.1) is 5.82 Å². The third-order valence-corrected chi connectivity index (χ3v) is 6.95. The molecular weight excluding hydrogens is 469 g/mol. The van der Waals surface area contributed by atoms with Gasteiger partial charge in [-0.3, -0.25) is 9.69 Å². The molecule has 1 unspecified atom stereocenters. The molecule has 0 bridgehead atoms. The van der Waals surface area contributed by atoms with Crippen LogP contribution in [0.3, 0.4) is 0 Å². The van der Waals surface area contributed by atoms with E-state index < -0.39 is 0 Å². The van der Waals surface area contributed by atoms with Crippen LogP contribution in [0.15, 0.2) is 65.1 Å². The summed E-state index contributed by atoms with van der Waals surface area (Å²) in [5.74, 6) is 1.34. The van der Waals surface area contributed by atoms with E-state index >= 15 is 0 Å². The van der Waals surface area contributed by atoms with E-state index in [1.54, 1.807) is 25.3 Å². The molecule has 1 saturated heterocycles. The van der Waals surface area contributed by atoms with Crippen LogP contribution in [0.1, 0.15) is 60.0 Å². The molecule has 37 heavy (non-hydrogen) atoms. The summed E-state index contributed by atoms with van der Waals surface area (Å²) < 4.78 is 25.1. The minimum absolute atomic E-state index is 0.192. The molecule has 1 aliphatic heterocycles. The smallest absolute Gasteiger partial charge is 0.286 e. The third kappa shape index (κ3) is 8.17. The van der Waals surface area contributed by atoms with Gasteiger partial charge in [0.25, 0.3) is 5.91 Å². The van der Waals surface area contributed by atoms with Gasteiger partial charge in [0.15, 0.2) is 5.76 Å². The number of methoxy groups -OCH3 is 1. The molecular formula is C30H38FN3O3. The monoisotopic (exact) mass is 507 g/mol. The van der Waals surface area contributed by atoms with Gasteiger partial charge in [-0.15, -0.1) is 0 Å². The summed E-state index contributed by atoms with van der Waals surface area (Å²) in [6, 6.07) is 18.7. The van der Waals surface area contributed by atoms with Crippen molar-refractivity contribution < 1.29 is 18.3 Å². The first-order valence-corrected chi connectivity index (χ1v) is 13.2. The molecule has 2 heterocycles. The van der Waals surface area contributed by atoms with Crippen molar-refractivity contribution in [3.05, 3.63) is 89.1 Å². The maximum absolute atomic E-state index is 13.8. The fourth-order valence-corrected chi connectivity index (χ4v) is 4.96. The summed E-state index contributed by atoms with van der Waals surface area (Å²) in [5, 5.41) is 2.99. The molecule has 1 atom stereocenters. The Morgan fingerprint density at radius 3 is 2.62 bits per heavy atom. The van der Waals surface area contributed by atoms with Crippen LogP contribution < -0.4 is 10.1 Å². The summed E-state index contributed by atoms with van der Waals surface area (Å²) in [6.45, 7) is 6.70. The standard InChI is InChI=1S/C30H38FN3O3/c1-23-8-3-4-16-34(23)17-7-15-32-30(35)29-14-13-28(37-29)22-33(20-24-9-5-11-26(31)18-24)21-25-10-6-12-27(19-25)36-2/h5-6,9-14,18-19,23H,3-4,7-8,15-17,20-22H2,1-2H3,(H,32,35). The normalized spacial score (nSPS) is 16.2. The molecule has 3 aromatic rings. The Labute approximate surface area is 219 Å². The Kier molecular flexibility index (Phi) is 9.74. The van der Waals surface area contributed by atoms with Crippen LogP contribution in [0.4, 0.5) is 4.39 Å². The summed E-state index contributed by atoms with van der Waals surface area (Å²) in [5.41, 5.74) is 1.94. The van der Waals surface area contributed by atoms with Crippen LogP contribution in [-0.4, -0.2) is 48.5 Å². The molecule has 7 heteroatoms. The molecule has 1 fully saturated rings. The number of furan rings is 1. The first-order chi connectivity index (χ1) is 18.0. The first-order valence-electron chi connectivity index (χ1n) is 13.2. The van der Waals surface area contributed by atoms with E-state index in [2.05, 4.69) is 22.0 Å². The van der Waals surface area contributed by atoms with Crippen LogP contribution in [0.25, 0.3) is 0 Å². The Morgan fingerprint density at radius 1 is 1.08 bits per heavy atom. The van der Waals surface area contributed by atoms with Crippen molar-refractivity contribution in [2.24, 2.45) is 0 Å². The fraction of sp³-hybridized carbons (Fsp3) is 0.433. The lowest BCUT2D eigenvalue weighted by molar-refractivity contribution is 0.0916. The minimum Gasteiger partial charge on any atom is -0.497 e. The SMILES string of the molecule is COc1cccc(CN(Cc2cccc(F)c2)Cc2ccc(C(=O)NCCCN3CCCCC3C)o2)c1. The summed E-state index contributed by atoms with van der Waals surface area (Å²) >= 11 is 0. The van der Waals surface area contributed by atoms with E-state index in [1.165, 1.54) is 25.3 Å². The molecule has 1 aliphatic rings. The Hall–Kier alpha value is -3.16. The predicted octanol–water partition coefficient (Wildman–Crippen LogP) is 5.62. The quantitative estimate of drug-likeness (QED) is 0.322. The van der Waals surface area contributed by atoms with Gasteiger partial charge < -0.3 is 19.4 Å². The van der Waals surface area contributed by atoms with Gasteiger partial charge >= 0.3 is 0 Å². The Morgan fingerprint density at radius 2 is 1.86 bits per heavy atom. The van der Waals surface area contributed by atoms with Crippen molar-refractivity contribution in [3.63, 3.8) is 0 Å². The lowest BCUT2D eigenvalue weighted by atomic mass is 10.0. The van der Waals surface area contributed by atoms with Crippen LogP contribution in [0.2, 0.25) is 0 Å². The number of halogens is 1. The van der Waals surface area contributed by atoms with Crippen LogP contribution >= 0.6 is 0 Å². The topological polar surface area (TPSA) is 58.0 Å². The van der Waals surface area contributed by atoms with Crippen molar-refractivity contribution in [1.29, 1.82) is 0 Å². The number of hydrogen-bond donors (Lipinski definition) is 1. The number of hydrogen-bond acceptors (Lipinski definition) is 5. The molecule has 4 rings (SSSR count). The number of likely N-dealkylation sites (tertiary alicyclic amines) is 1.